The average molecular weight is 449 g/mol. The summed E-state index contributed by atoms with van der Waals surface area (Å²) in [6.45, 7) is 12.0. The first kappa shape index (κ1) is 24.3. The van der Waals surface area contributed by atoms with Crippen molar-refractivity contribution in [3.05, 3.63) is 10.1 Å². The Hall–Kier alpha value is -0.840. The van der Waals surface area contributed by atoms with Crippen molar-refractivity contribution in [1.82, 2.24) is 5.43 Å². The van der Waals surface area contributed by atoms with Crippen LogP contribution in [0.15, 0.2) is 0 Å². The van der Waals surface area contributed by atoms with Crippen molar-refractivity contribution < 1.29 is 10.1 Å². The molecule has 0 saturated heterocycles. The van der Waals surface area contributed by atoms with E-state index in [9.17, 15) is 15.2 Å². The van der Waals surface area contributed by atoms with Crippen LogP contribution in [0.3, 0.4) is 0 Å². The monoisotopic (exact) mass is 448 g/mol. The summed E-state index contributed by atoms with van der Waals surface area (Å²) in [5.74, 6) is 3.99. The van der Waals surface area contributed by atoms with E-state index in [0.29, 0.717) is 29.6 Å². The van der Waals surface area contributed by atoms with Gasteiger partial charge in [0.2, 0.25) is 0 Å². The zero-order chi connectivity index (χ0) is 23.3. The molecule has 0 amide bonds. The molecule has 184 valence electrons. The van der Waals surface area contributed by atoms with E-state index in [1.54, 1.807) is 0 Å². The van der Waals surface area contributed by atoms with Crippen LogP contribution in [0, 0.1) is 56.5 Å². The van der Waals surface area contributed by atoms with Crippen LogP contribution in [0.2, 0.25) is 0 Å². The third-order valence-corrected chi connectivity index (χ3v) is 11.3. The molecule has 4 fully saturated rings. The highest BCUT2D eigenvalue weighted by Gasteiger charge is 2.67. The second-order valence-corrected chi connectivity index (χ2v) is 13.1. The normalized spacial score (nSPS) is 46.8. The van der Waals surface area contributed by atoms with Crippen molar-refractivity contribution in [2.45, 2.75) is 123 Å². The maximum absolute atomic E-state index is 11.9. The van der Waals surface area contributed by atoms with Crippen LogP contribution in [0.4, 0.5) is 0 Å². The summed E-state index contributed by atoms with van der Waals surface area (Å²) >= 11 is 0. The number of nitro groups is 1. The van der Waals surface area contributed by atoms with Crippen LogP contribution in [-0.2, 0) is 0 Å². The lowest BCUT2D eigenvalue weighted by Gasteiger charge is -2.65. The van der Waals surface area contributed by atoms with Gasteiger partial charge in [-0.3, -0.25) is 0 Å². The molecule has 0 bridgehead atoms. The predicted octanol–water partition coefficient (Wildman–Crippen LogP) is 6.37. The Bertz CT molecular complexity index is 698. The minimum Gasteiger partial charge on any atom is -0.387 e. The largest absolute Gasteiger partial charge is 0.387 e. The number of fused-ring (bicyclic) bond motifs is 5. The van der Waals surface area contributed by atoms with E-state index in [1.165, 1.54) is 44.9 Å². The first-order valence-corrected chi connectivity index (χ1v) is 13.7. The first-order chi connectivity index (χ1) is 15.0. The van der Waals surface area contributed by atoms with Crippen LogP contribution >= 0.6 is 0 Å². The van der Waals surface area contributed by atoms with E-state index in [-0.39, 0.29) is 5.41 Å². The lowest BCUT2D eigenvalue weighted by molar-refractivity contribution is -0.559. The molecule has 0 aromatic carbocycles. The summed E-state index contributed by atoms with van der Waals surface area (Å²) in [4.78, 5) is 11.5. The third kappa shape index (κ3) is 3.79. The van der Waals surface area contributed by atoms with Gasteiger partial charge in [0.05, 0.1) is 5.60 Å². The summed E-state index contributed by atoms with van der Waals surface area (Å²) in [6, 6.07) is -0.422. The van der Waals surface area contributed by atoms with Crippen LogP contribution in [-0.4, -0.2) is 21.8 Å². The van der Waals surface area contributed by atoms with E-state index in [0.717, 1.165) is 43.4 Å². The molecular weight excluding hydrogens is 400 g/mol. The molecule has 1 unspecified atom stereocenters. The Labute approximate surface area is 195 Å². The minimum atomic E-state index is -0.949. The number of nitrogens with one attached hydrogen (secondary N) is 1. The Morgan fingerprint density at radius 2 is 1.75 bits per heavy atom. The van der Waals surface area contributed by atoms with Gasteiger partial charge in [0, 0.05) is 5.41 Å². The van der Waals surface area contributed by atoms with Crippen LogP contribution in [0.25, 0.3) is 0 Å². The lowest BCUT2D eigenvalue weighted by atomic mass is 9.42. The zero-order valence-electron chi connectivity index (χ0n) is 21.2. The van der Waals surface area contributed by atoms with Gasteiger partial charge in [0.25, 0.3) is 0 Å². The topological polar surface area (TPSA) is 75.4 Å². The van der Waals surface area contributed by atoms with Gasteiger partial charge in [-0.2, -0.15) is 0 Å². The predicted molar refractivity (Wildman–Crippen MR) is 128 cm³/mol. The number of rotatable bonds is 7. The quantitative estimate of drug-likeness (QED) is 0.350. The highest BCUT2D eigenvalue weighted by molar-refractivity contribution is 5.17. The fourth-order valence-corrected chi connectivity index (χ4v) is 9.65. The van der Waals surface area contributed by atoms with E-state index >= 15 is 0 Å². The highest BCUT2D eigenvalue weighted by atomic mass is 16.7. The molecule has 4 saturated carbocycles. The molecule has 4 aliphatic carbocycles. The van der Waals surface area contributed by atoms with E-state index in [2.05, 4.69) is 40.0 Å². The van der Waals surface area contributed by atoms with Gasteiger partial charge in [0.15, 0.2) is 5.03 Å². The van der Waals surface area contributed by atoms with Gasteiger partial charge >= 0.3 is 0 Å². The summed E-state index contributed by atoms with van der Waals surface area (Å²) in [5, 5.41) is 23.0. The van der Waals surface area contributed by atoms with E-state index in [1.807, 2.05) is 0 Å². The number of hydrogen-bond acceptors (Lipinski definition) is 3. The highest BCUT2D eigenvalue weighted by Crippen LogP contribution is 2.69. The molecule has 0 spiro atoms. The average Bonchev–Trinajstić information content (AvgIpc) is 3.06. The van der Waals surface area contributed by atoms with Crippen molar-refractivity contribution in [3.63, 3.8) is 0 Å². The summed E-state index contributed by atoms with van der Waals surface area (Å²) in [5.41, 5.74) is 1.82. The van der Waals surface area contributed by atoms with Crippen molar-refractivity contribution >= 4 is 0 Å². The molecule has 0 aliphatic heterocycles. The Morgan fingerprint density at radius 3 is 2.44 bits per heavy atom. The van der Waals surface area contributed by atoms with Crippen LogP contribution < -0.4 is 5.43 Å². The molecule has 0 aromatic rings. The summed E-state index contributed by atoms with van der Waals surface area (Å²) in [7, 11) is 0. The Balaban J connectivity index is 1.57. The number of hydrazine groups is 1. The van der Waals surface area contributed by atoms with Gasteiger partial charge in [0.1, 0.15) is 6.04 Å². The fourth-order valence-electron chi connectivity index (χ4n) is 9.65. The van der Waals surface area contributed by atoms with Crippen molar-refractivity contribution in [2.75, 3.05) is 0 Å². The van der Waals surface area contributed by atoms with E-state index < -0.39 is 16.7 Å². The maximum Gasteiger partial charge on any atom is 0.157 e. The molecule has 32 heavy (non-hydrogen) atoms. The third-order valence-electron chi connectivity index (χ3n) is 11.3. The number of hydrogen-bond donors (Lipinski definition) is 2. The van der Waals surface area contributed by atoms with Crippen LogP contribution in [0.1, 0.15) is 112 Å². The molecule has 9 atom stereocenters. The minimum absolute atomic E-state index is 0.204. The standard InChI is InChI=1S/C27H48N2O3/c1-18(2)9-8-10-19(3)21-11-12-22-20-17-24(28-29(31)32)27(30)15-7-6-14-26(27,5)23(20)13-16-25(21,22)4/h18-24,28,30H,6-17H2,1-5H3/t19?,20-,21+,22-,23-,24+,25+,26+,27-/m0/s1. The molecule has 0 radical (unpaired) electrons. The molecule has 4 aliphatic rings. The van der Waals surface area contributed by atoms with Gasteiger partial charge in [-0.1, -0.05) is 66.7 Å². The van der Waals surface area contributed by atoms with Gasteiger partial charge < -0.3 is 5.11 Å². The second-order valence-electron chi connectivity index (χ2n) is 13.1. The van der Waals surface area contributed by atoms with E-state index in [4.69, 9.17) is 0 Å². The SMILES string of the molecule is CC(C)CCCC(C)[C@H]1CC[C@H]2[C@@H]3C[C@@H](N[N+](=O)[O-])[C@@]4(O)CCCC[C@]4(C)[C@H]3CC[C@]12C. The summed E-state index contributed by atoms with van der Waals surface area (Å²) in [6.07, 6.45) is 13.7. The molecule has 2 N–H and O–H groups in total. The molecule has 0 heterocycles. The summed E-state index contributed by atoms with van der Waals surface area (Å²) < 4.78 is 0. The van der Waals surface area contributed by atoms with Gasteiger partial charge in [-0.15, -0.1) is 5.43 Å². The molecule has 5 nitrogen and oxygen atoms in total. The van der Waals surface area contributed by atoms with Crippen LogP contribution in [0.5, 0.6) is 0 Å². The molecule has 0 aromatic heterocycles. The van der Waals surface area contributed by atoms with Crippen molar-refractivity contribution in [2.24, 2.45) is 46.3 Å². The van der Waals surface area contributed by atoms with Gasteiger partial charge in [-0.25, -0.2) is 10.1 Å². The van der Waals surface area contributed by atoms with Crippen molar-refractivity contribution in [1.29, 1.82) is 0 Å². The smallest absolute Gasteiger partial charge is 0.157 e. The Morgan fingerprint density at radius 1 is 1.03 bits per heavy atom. The fraction of sp³-hybridized carbons (Fsp3) is 1.00. The number of nitrogens with zero attached hydrogens (tertiary/aromatic N) is 1. The maximum atomic E-state index is 11.9. The Kier molecular flexibility index (Phi) is 6.64. The van der Waals surface area contributed by atoms with Crippen molar-refractivity contribution in [3.8, 4) is 0 Å². The van der Waals surface area contributed by atoms with Gasteiger partial charge in [-0.05, 0) is 85.9 Å². The lowest BCUT2D eigenvalue weighted by Crippen LogP contribution is -2.70. The first-order valence-electron chi connectivity index (χ1n) is 13.7. The second kappa shape index (κ2) is 8.74. The molecule has 5 heteroatoms. The number of aliphatic hydroxyl groups is 1. The molecular formula is C27H48N2O3. The molecule has 4 rings (SSSR count). The zero-order valence-corrected chi connectivity index (χ0v) is 21.2.